The van der Waals surface area contributed by atoms with Crippen LogP contribution in [0.4, 0.5) is 17.1 Å². The average molecular weight is 605 g/mol. The van der Waals surface area contributed by atoms with Crippen molar-refractivity contribution < 1.29 is 9.47 Å². The minimum Gasteiger partial charge on any atom is -0.453 e. The zero-order valence-electron chi connectivity index (χ0n) is 25.9. The number of benzene rings is 7. The second-order valence-electron chi connectivity index (χ2n) is 13.3. The SMILES string of the molecule is CC1(C)c2ccccc2-c2cccc(N(c3cc4c5c(c3)c3cccc6c3n5-c3c(cccc3O4)O6)c3cccc4ccccc34)c21. The Morgan fingerprint density at radius 3 is 2.09 bits per heavy atom. The van der Waals surface area contributed by atoms with Crippen molar-refractivity contribution in [3.8, 4) is 39.8 Å². The van der Waals surface area contributed by atoms with Crippen molar-refractivity contribution in [3.05, 3.63) is 145 Å². The van der Waals surface area contributed by atoms with Crippen LogP contribution in [-0.4, -0.2) is 4.57 Å². The highest BCUT2D eigenvalue weighted by Gasteiger charge is 2.39. The first-order chi connectivity index (χ1) is 23.1. The van der Waals surface area contributed by atoms with E-state index in [1.54, 1.807) is 0 Å². The van der Waals surface area contributed by atoms with E-state index in [1.807, 2.05) is 18.2 Å². The Morgan fingerprint density at radius 2 is 1.17 bits per heavy atom. The predicted octanol–water partition coefficient (Wildman–Crippen LogP) is 11.9. The van der Waals surface area contributed by atoms with Crippen LogP contribution in [0, 0.1) is 0 Å². The molecule has 0 saturated carbocycles. The fourth-order valence-corrected chi connectivity index (χ4v) is 8.57. The predicted molar refractivity (Wildman–Crippen MR) is 191 cm³/mol. The summed E-state index contributed by atoms with van der Waals surface area (Å²) in [6.07, 6.45) is 0. The Morgan fingerprint density at radius 1 is 0.532 bits per heavy atom. The fraction of sp³-hybridized carbons (Fsp3) is 0.0698. The first-order valence-electron chi connectivity index (χ1n) is 16.2. The number of hydrogen-bond acceptors (Lipinski definition) is 3. The van der Waals surface area contributed by atoms with E-state index in [9.17, 15) is 0 Å². The largest absolute Gasteiger partial charge is 0.453 e. The maximum Gasteiger partial charge on any atom is 0.155 e. The normalized spacial score (nSPS) is 14.3. The summed E-state index contributed by atoms with van der Waals surface area (Å²) >= 11 is 0. The summed E-state index contributed by atoms with van der Waals surface area (Å²) in [6.45, 7) is 4.72. The first-order valence-corrected chi connectivity index (χ1v) is 16.2. The topological polar surface area (TPSA) is 26.6 Å². The van der Waals surface area contributed by atoms with Crippen LogP contribution >= 0.6 is 0 Å². The monoisotopic (exact) mass is 604 g/mol. The van der Waals surface area contributed by atoms with Crippen molar-refractivity contribution >= 4 is 49.6 Å². The number of rotatable bonds is 3. The van der Waals surface area contributed by atoms with Crippen LogP contribution < -0.4 is 14.4 Å². The van der Waals surface area contributed by atoms with Crippen molar-refractivity contribution in [2.75, 3.05) is 4.90 Å². The summed E-state index contributed by atoms with van der Waals surface area (Å²) < 4.78 is 15.6. The van der Waals surface area contributed by atoms with Crippen molar-refractivity contribution in [2.45, 2.75) is 19.3 Å². The van der Waals surface area contributed by atoms with Crippen LogP contribution in [0.5, 0.6) is 23.0 Å². The molecule has 8 aromatic rings. The Hall–Kier alpha value is -6.00. The summed E-state index contributed by atoms with van der Waals surface area (Å²) in [5.41, 5.74) is 11.6. The molecule has 2 aliphatic heterocycles. The van der Waals surface area contributed by atoms with E-state index in [2.05, 4.69) is 139 Å². The van der Waals surface area contributed by atoms with E-state index in [-0.39, 0.29) is 5.41 Å². The fourth-order valence-electron chi connectivity index (χ4n) is 8.57. The molecule has 0 amide bonds. The van der Waals surface area contributed by atoms with E-state index < -0.39 is 0 Å². The summed E-state index contributed by atoms with van der Waals surface area (Å²) in [7, 11) is 0. The third-order valence-electron chi connectivity index (χ3n) is 10.5. The molecule has 47 heavy (non-hydrogen) atoms. The molecule has 3 heterocycles. The summed E-state index contributed by atoms with van der Waals surface area (Å²) in [6, 6.07) is 47.9. The lowest BCUT2D eigenvalue weighted by Gasteiger charge is -2.33. The number of para-hydroxylation sites is 2. The quantitative estimate of drug-likeness (QED) is 0.201. The number of hydrogen-bond donors (Lipinski definition) is 0. The molecule has 1 aromatic heterocycles. The standard InChI is InChI=1S/C43H28N2O2/c1-43(2)32-17-6-5-14-28(32)29-15-8-19-34(39(29)43)44(33-18-7-12-25-11-3-4-13-27(25)33)26-23-31-30-16-9-20-35-40(30)45-41(31)38(24-26)47-37-22-10-21-36(46-35)42(37)45/h3-24H,1-2H3. The van der Waals surface area contributed by atoms with Gasteiger partial charge in [-0.2, -0.15) is 0 Å². The number of aromatic nitrogens is 1. The molecule has 11 rings (SSSR count). The molecular weight excluding hydrogens is 576 g/mol. The van der Waals surface area contributed by atoms with Crippen LogP contribution in [0.1, 0.15) is 25.0 Å². The molecule has 4 heteroatoms. The van der Waals surface area contributed by atoms with Gasteiger partial charge in [0.05, 0.1) is 28.1 Å². The van der Waals surface area contributed by atoms with E-state index >= 15 is 0 Å². The van der Waals surface area contributed by atoms with Crippen LogP contribution in [-0.2, 0) is 5.41 Å². The molecule has 7 aromatic carbocycles. The van der Waals surface area contributed by atoms with Crippen LogP contribution in [0.3, 0.4) is 0 Å². The highest BCUT2D eigenvalue weighted by atomic mass is 16.5. The Balaban J connectivity index is 1.27. The summed E-state index contributed by atoms with van der Waals surface area (Å²) in [5, 5.41) is 4.69. The molecule has 4 nitrogen and oxygen atoms in total. The van der Waals surface area contributed by atoms with Crippen LogP contribution in [0.25, 0.3) is 49.4 Å². The number of anilines is 3. The van der Waals surface area contributed by atoms with Gasteiger partial charge in [0.25, 0.3) is 0 Å². The van der Waals surface area contributed by atoms with Crippen LogP contribution in [0.15, 0.2) is 133 Å². The molecule has 0 saturated heterocycles. The lowest BCUT2D eigenvalue weighted by molar-refractivity contribution is 0.444. The van der Waals surface area contributed by atoms with Crippen molar-refractivity contribution in [3.63, 3.8) is 0 Å². The Kier molecular flexibility index (Phi) is 4.63. The van der Waals surface area contributed by atoms with Gasteiger partial charge >= 0.3 is 0 Å². The molecule has 1 aliphatic carbocycles. The third kappa shape index (κ3) is 3.12. The Bertz CT molecular complexity index is 2680. The molecule has 3 aliphatic rings. The first kappa shape index (κ1) is 25.2. The van der Waals surface area contributed by atoms with E-state index in [0.717, 1.165) is 61.9 Å². The molecule has 222 valence electrons. The van der Waals surface area contributed by atoms with Gasteiger partial charge in [-0.25, -0.2) is 0 Å². The highest BCUT2D eigenvalue weighted by Crippen LogP contribution is 2.58. The summed E-state index contributed by atoms with van der Waals surface area (Å²) in [5.74, 6) is 3.32. The van der Waals surface area contributed by atoms with Gasteiger partial charge in [0, 0.05) is 27.6 Å². The number of nitrogens with zero attached hydrogens (tertiary/aromatic N) is 2. The zero-order valence-corrected chi connectivity index (χ0v) is 25.9. The second kappa shape index (κ2) is 8.62. The van der Waals surface area contributed by atoms with E-state index in [0.29, 0.717) is 0 Å². The highest BCUT2D eigenvalue weighted by molar-refractivity contribution is 6.16. The van der Waals surface area contributed by atoms with Crippen LogP contribution in [0.2, 0.25) is 0 Å². The van der Waals surface area contributed by atoms with E-state index in [4.69, 9.17) is 9.47 Å². The maximum absolute atomic E-state index is 6.80. The molecule has 0 atom stereocenters. The zero-order chi connectivity index (χ0) is 31.0. The second-order valence-corrected chi connectivity index (χ2v) is 13.3. The molecule has 0 radical (unpaired) electrons. The smallest absolute Gasteiger partial charge is 0.155 e. The lowest BCUT2D eigenvalue weighted by Crippen LogP contribution is -2.21. The lowest BCUT2D eigenvalue weighted by atomic mass is 9.81. The van der Waals surface area contributed by atoms with Crippen molar-refractivity contribution in [1.29, 1.82) is 0 Å². The van der Waals surface area contributed by atoms with Gasteiger partial charge in [-0.15, -0.1) is 0 Å². The molecular formula is C43H28N2O2. The molecule has 0 spiro atoms. The molecule has 0 unspecified atom stereocenters. The third-order valence-corrected chi connectivity index (χ3v) is 10.5. The number of ether oxygens (including phenoxy) is 2. The molecule has 0 fully saturated rings. The minimum atomic E-state index is -0.198. The van der Waals surface area contributed by atoms with Gasteiger partial charge in [-0.1, -0.05) is 105 Å². The van der Waals surface area contributed by atoms with Gasteiger partial charge in [0.15, 0.2) is 23.0 Å². The van der Waals surface area contributed by atoms with Gasteiger partial charge < -0.3 is 14.4 Å². The van der Waals surface area contributed by atoms with E-state index in [1.165, 1.54) is 38.7 Å². The maximum atomic E-state index is 6.80. The Labute approximate surface area is 271 Å². The van der Waals surface area contributed by atoms with Gasteiger partial charge in [-0.05, 0) is 64.0 Å². The molecule has 0 bridgehead atoms. The minimum absolute atomic E-state index is 0.198. The van der Waals surface area contributed by atoms with Crippen molar-refractivity contribution in [1.82, 2.24) is 4.57 Å². The van der Waals surface area contributed by atoms with Gasteiger partial charge in [0.1, 0.15) is 5.69 Å². The van der Waals surface area contributed by atoms with Crippen molar-refractivity contribution in [2.24, 2.45) is 0 Å². The van der Waals surface area contributed by atoms with Gasteiger partial charge in [-0.3, -0.25) is 4.57 Å². The molecule has 0 N–H and O–H groups in total. The summed E-state index contributed by atoms with van der Waals surface area (Å²) in [4.78, 5) is 2.46. The average Bonchev–Trinajstić information content (AvgIpc) is 3.56. The number of fused-ring (bicyclic) bond motifs is 5. The van der Waals surface area contributed by atoms with Gasteiger partial charge in [0.2, 0.25) is 0 Å².